The summed E-state index contributed by atoms with van der Waals surface area (Å²) in [7, 11) is 0. The van der Waals surface area contributed by atoms with E-state index in [2.05, 4.69) is 19.9 Å². The first kappa shape index (κ1) is 19.2. The van der Waals surface area contributed by atoms with E-state index in [1.807, 2.05) is 13.0 Å². The second-order valence-corrected chi connectivity index (χ2v) is 7.15. The molecule has 2 unspecified atom stereocenters. The van der Waals surface area contributed by atoms with Crippen LogP contribution in [-0.4, -0.2) is 29.9 Å². The summed E-state index contributed by atoms with van der Waals surface area (Å²) in [6, 6.07) is 0. The van der Waals surface area contributed by atoms with E-state index in [0.29, 0.717) is 0 Å². The molecule has 0 saturated carbocycles. The van der Waals surface area contributed by atoms with Gasteiger partial charge in [0.1, 0.15) is 12.2 Å². The van der Waals surface area contributed by atoms with Gasteiger partial charge in [0.25, 0.3) is 0 Å². The fraction of sp³-hybridized carbons (Fsp3) is 0.550. The van der Waals surface area contributed by atoms with Gasteiger partial charge in [0.15, 0.2) is 5.78 Å². The Bertz CT molecular complexity index is 651. The lowest BCUT2D eigenvalue weighted by molar-refractivity contribution is -0.148. The summed E-state index contributed by atoms with van der Waals surface area (Å²) >= 11 is 0. The number of ketones is 1. The quantitative estimate of drug-likeness (QED) is 0.563. The van der Waals surface area contributed by atoms with Gasteiger partial charge in [-0.2, -0.15) is 0 Å². The number of carbonyl (C=O) groups is 3. The van der Waals surface area contributed by atoms with E-state index in [1.165, 1.54) is 18.6 Å². The molecule has 0 aromatic heterocycles. The summed E-state index contributed by atoms with van der Waals surface area (Å²) in [6.07, 6.45) is 7.96. The van der Waals surface area contributed by atoms with Gasteiger partial charge < -0.3 is 9.47 Å². The Hall–Kier alpha value is -2.17. The number of cyclic esters (lactones) is 1. The topological polar surface area (TPSA) is 69.7 Å². The van der Waals surface area contributed by atoms with Crippen molar-refractivity contribution in [2.75, 3.05) is 0 Å². The standard InChI is InChI=1S/C20H26O5/c1-13(2)6-5-7-14(3)10-18-20(12-19(23)25-18)11-16(24-15(4)21)8-9-17(20)22/h6,8-10,16,18H,5,7,11-12H2,1-4H3/b14-10+/t16-,18?,20?/m1/s1. The molecule has 1 saturated heterocycles. The molecule has 1 spiro atoms. The Morgan fingerprint density at radius 3 is 2.68 bits per heavy atom. The van der Waals surface area contributed by atoms with Crippen molar-refractivity contribution < 1.29 is 23.9 Å². The normalized spacial score (nSPS) is 28.9. The lowest BCUT2D eigenvalue weighted by Crippen LogP contribution is -2.43. The van der Waals surface area contributed by atoms with E-state index < -0.39 is 23.6 Å². The predicted octanol–water partition coefficient (Wildman–Crippen LogP) is 3.44. The highest BCUT2D eigenvalue weighted by molar-refractivity contribution is 6.00. The van der Waals surface area contributed by atoms with Gasteiger partial charge in [-0.05, 0) is 51.8 Å². The predicted molar refractivity (Wildman–Crippen MR) is 93.7 cm³/mol. The molecule has 3 atom stereocenters. The first-order chi connectivity index (χ1) is 11.7. The van der Waals surface area contributed by atoms with Crippen molar-refractivity contribution in [2.24, 2.45) is 5.41 Å². The minimum atomic E-state index is -0.969. The molecule has 0 aromatic carbocycles. The SMILES string of the molecule is CC(=O)O[C@@H]1C=CC(=O)C2(CC(=O)OC2/C=C(\C)CCC=C(C)C)C1. The summed E-state index contributed by atoms with van der Waals surface area (Å²) in [4.78, 5) is 35.8. The highest BCUT2D eigenvalue weighted by atomic mass is 16.6. The number of esters is 2. The average molecular weight is 346 g/mol. The van der Waals surface area contributed by atoms with Gasteiger partial charge in [-0.15, -0.1) is 0 Å². The van der Waals surface area contributed by atoms with Gasteiger partial charge in [0, 0.05) is 13.3 Å². The lowest BCUT2D eigenvalue weighted by Gasteiger charge is -2.34. The van der Waals surface area contributed by atoms with Crippen molar-refractivity contribution in [3.63, 3.8) is 0 Å². The zero-order valence-electron chi connectivity index (χ0n) is 15.3. The Morgan fingerprint density at radius 1 is 1.32 bits per heavy atom. The average Bonchev–Trinajstić information content (AvgIpc) is 2.78. The van der Waals surface area contributed by atoms with Gasteiger partial charge >= 0.3 is 11.9 Å². The van der Waals surface area contributed by atoms with Crippen LogP contribution in [0.15, 0.2) is 35.5 Å². The smallest absolute Gasteiger partial charge is 0.307 e. The summed E-state index contributed by atoms with van der Waals surface area (Å²) in [5, 5.41) is 0. The van der Waals surface area contributed by atoms with E-state index in [0.717, 1.165) is 18.4 Å². The Morgan fingerprint density at radius 2 is 2.04 bits per heavy atom. The van der Waals surface area contributed by atoms with Crippen molar-refractivity contribution in [2.45, 2.75) is 65.6 Å². The number of ether oxygens (including phenoxy) is 2. The first-order valence-electron chi connectivity index (χ1n) is 8.63. The first-order valence-corrected chi connectivity index (χ1v) is 8.63. The number of allylic oxidation sites excluding steroid dienone is 4. The van der Waals surface area contributed by atoms with Crippen molar-refractivity contribution >= 4 is 17.7 Å². The van der Waals surface area contributed by atoms with Crippen LogP contribution in [0, 0.1) is 5.41 Å². The van der Waals surface area contributed by atoms with Crippen LogP contribution in [0.3, 0.4) is 0 Å². The van der Waals surface area contributed by atoms with E-state index in [1.54, 1.807) is 6.08 Å². The molecule has 5 nitrogen and oxygen atoms in total. The van der Waals surface area contributed by atoms with Crippen LogP contribution in [-0.2, 0) is 23.9 Å². The van der Waals surface area contributed by atoms with Crippen LogP contribution in [0.25, 0.3) is 0 Å². The van der Waals surface area contributed by atoms with Crippen molar-refractivity contribution in [3.05, 3.63) is 35.5 Å². The van der Waals surface area contributed by atoms with Crippen LogP contribution in [0.4, 0.5) is 0 Å². The Labute approximate surface area is 148 Å². The molecule has 0 radical (unpaired) electrons. The number of carbonyl (C=O) groups excluding carboxylic acids is 3. The van der Waals surface area contributed by atoms with Crippen LogP contribution in [0.2, 0.25) is 0 Å². The summed E-state index contributed by atoms with van der Waals surface area (Å²) < 4.78 is 10.7. The molecular formula is C20H26O5. The molecule has 0 bridgehead atoms. The fourth-order valence-electron chi connectivity index (χ4n) is 3.38. The molecule has 2 rings (SSSR count). The van der Waals surface area contributed by atoms with Gasteiger partial charge in [0.05, 0.1) is 11.8 Å². The molecule has 1 fully saturated rings. The number of rotatable bonds is 5. The largest absolute Gasteiger partial charge is 0.458 e. The molecule has 25 heavy (non-hydrogen) atoms. The zero-order chi connectivity index (χ0) is 18.6. The molecule has 0 amide bonds. The molecular weight excluding hydrogens is 320 g/mol. The maximum atomic E-state index is 12.6. The summed E-state index contributed by atoms with van der Waals surface area (Å²) in [5.74, 6) is -0.932. The molecule has 1 aliphatic heterocycles. The zero-order valence-corrected chi connectivity index (χ0v) is 15.3. The minimum Gasteiger partial charge on any atom is -0.458 e. The van der Waals surface area contributed by atoms with Gasteiger partial charge in [0.2, 0.25) is 0 Å². The van der Waals surface area contributed by atoms with Crippen molar-refractivity contribution in [3.8, 4) is 0 Å². The maximum absolute atomic E-state index is 12.6. The second-order valence-electron chi connectivity index (χ2n) is 7.15. The van der Waals surface area contributed by atoms with E-state index in [-0.39, 0.29) is 24.6 Å². The molecule has 1 heterocycles. The molecule has 5 heteroatoms. The molecule has 0 N–H and O–H groups in total. The third-order valence-corrected chi connectivity index (χ3v) is 4.63. The van der Waals surface area contributed by atoms with Gasteiger partial charge in [-0.3, -0.25) is 14.4 Å². The van der Waals surface area contributed by atoms with E-state index in [9.17, 15) is 14.4 Å². The molecule has 0 aromatic rings. The monoisotopic (exact) mass is 346 g/mol. The van der Waals surface area contributed by atoms with E-state index in [4.69, 9.17) is 9.47 Å². The summed E-state index contributed by atoms with van der Waals surface area (Å²) in [6.45, 7) is 7.41. The minimum absolute atomic E-state index is 0.0242. The number of hydrogen-bond donors (Lipinski definition) is 0. The molecule has 2 aliphatic rings. The fourth-order valence-corrected chi connectivity index (χ4v) is 3.38. The van der Waals surface area contributed by atoms with Crippen LogP contribution >= 0.6 is 0 Å². The van der Waals surface area contributed by atoms with Crippen molar-refractivity contribution in [1.82, 2.24) is 0 Å². The molecule has 1 aliphatic carbocycles. The number of hydrogen-bond acceptors (Lipinski definition) is 5. The Balaban J connectivity index is 2.20. The lowest BCUT2D eigenvalue weighted by atomic mass is 9.69. The second kappa shape index (κ2) is 7.81. The van der Waals surface area contributed by atoms with Crippen LogP contribution in [0.1, 0.15) is 53.4 Å². The highest BCUT2D eigenvalue weighted by Crippen LogP contribution is 2.45. The van der Waals surface area contributed by atoms with Crippen LogP contribution < -0.4 is 0 Å². The Kier molecular flexibility index (Phi) is 5.98. The van der Waals surface area contributed by atoms with Gasteiger partial charge in [-0.25, -0.2) is 0 Å². The van der Waals surface area contributed by atoms with E-state index >= 15 is 0 Å². The third kappa shape index (κ3) is 4.68. The molecule has 136 valence electrons. The summed E-state index contributed by atoms with van der Waals surface area (Å²) in [5.41, 5.74) is 1.36. The maximum Gasteiger partial charge on any atom is 0.307 e. The van der Waals surface area contributed by atoms with Crippen LogP contribution in [0.5, 0.6) is 0 Å². The highest BCUT2D eigenvalue weighted by Gasteiger charge is 2.55. The van der Waals surface area contributed by atoms with Gasteiger partial charge in [-0.1, -0.05) is 17.2 Å². The van der Waals surface area contributed by atoms with Crippen molar-refractivity contribution in [1.29, 1.82) is 0 Å². The third-order valence-electron chi connectivity index (χ3n) is 4.63.